The lowest BCUT2D eigenvalue weighted by atomic mass is 10.00. The quantitative estimate of drug-likeness (QED) is 0.776. The van der Waals surface area contributed by atoms with Crippen LogP contribution in [0.25, 0.3) is 0 Å². The zero-order valence-electron chi connectivity index (χ0n) is 11.6. The van der Waals surface area contributed by atoms with Gasteiger partial charge in [-0.3, -0.25) is 4.90 Å². The Hall–Kier alpha value is -1.30. The summed E-state index contributed by atoms with van der Waals surface area (Å²) in [7, 11) is 2.03. The molecule has 0 aromatic carbocycles. The van der Waals surface area contributed by atoms with E-state index in [0.29, 0.717) is 19.5 Å². The molecule has 1 saturated heterocycles. The number of carboxylic acid groups (broad SMARTS) is 1. The number of aliphatic carboxylic acids is 1. The van der Waals surface area contributed by atoms with Gasteiger partial charge in [0.1, 0.15) is 6.04 Å². The third-order valence-corrected chi connectivity index (χ3v) is 3.61. The third kappa shape index (κ3) is 3.35. The fourth-order valence-electron chi connectivity index (χ4n) is 1.99. The summed E-state index contributed by atoms with van der Waals surface area (Å²) in [4.78, 5) is 26.8. The number of amides is 2. The van der Waals surface area contributed by atoms with Crippen molar-refractivity contribution < 1.29 is 14.7 Å². The van der Waals surface area contributed by atoms with Gasteiger partial charge in [-0.1, -0.05) is 6.92 Å². The molecule has 18 heavy (non-hydrogen) atoms. The van der Waals surface area contributed by atoms with E-state index in [0.717, 1.165) is 6.54 Å². The van der Waals surface area contributed by atoms with Crippen LogP contribution in [0.2, 0.25) is 0 Å². The van der Waals surface area contributed by atoms with Gasteiger partial charge in [-0.15, -0.1) is 0 Å². The van der Waals surface area contributed by atoms with Crippen molar-refractivity contribution in [2.75, 3.05) is 26.7 Å². The zero-order valence-corrected chi connectivity index (χ0v) is 11.6. The van der Waals surface area contributed by atoms with E-state index < -0.39 is 12.0 Å². The maximum Gasteiger partial charge on any atom is 0.326 e. The minimum atomic E-state index is -0.987. The molecule has 6 nitrogen and oxygen atoms in total. The fraction of sp³-hybridized carbons (Fsp3) is 0.833. The molecule has 2 N–H and O–H groups in total. The molecule has 1 aliphatic rings. The number of carboxylic acids is 1. The van der Waals surface area contributed by atoms with E-state index in [9.17, 15) is 9.59 Å². The Morgan fingerprint density at radius 2 is 2.00 bits per heavy atom. The van der Waals surface area contributed by atoms with Crippen molar-refractivity contribution in [3.05, 3.63) is 0 Å². The molecule has 0 unspecified atom stereocenters. The van der Waals surface area contributed by atoms with Gasteiger partial charge in [0.2, 0.25) is 0 Å². The lowest BCUT2D eigenvalue weighted by molar-refractivity contribution is -0.139. The van der Waals surface area contributed by atoms with Crippen LogP contribution in [0.15, 0.2) is 0 Å². The highest BCUT2D eigenvalue weighted by Gasteiger charge is 2.34. The molecule has 0 radical (unpaired) electrons. The van der Waals surface area contributed by atoms with Gasteiger partial charge in [0.05, 0.1) is 0 Å². The van der Waals surface area contributed by atoms with Gasteiger partial charge in [0.25, 0.3) is 0 Å². The molecule has 1 rings (SSSR count). The summed E-state index contributed by atoms with van der Waals surface area (Å²) < 4.78 is 0. The molecule has 1 aliphatic heterocycles. The van der Waals surface area contributed by atoms with Crippen LogP contribution in [-0.2, 0) is 4.79 Å². The SMILES string of the molecule is CC[C@H](NC(=O)N1CCN(C)C(C)(C)C1)C(=O)O. The van der Waals surface area contributed by atoms with Gasteiger partial charge in [-0.05, 0) is 27.3 Å². The van der Waals surface area contributed by atoms with Gasteiger partial charge < -0.3 is 15.3 Å². The first-order valence-corrected chi connectivity index (χ1v) is 6.27. The van der Waals surface area contributed by atoms with Crippen LogP contribution >= 0.6 is 0 Å². The Balaban J connectivity index is 2.60. The second kappa shape index (κ2) is 5.56. The second-order valence-electron chi connectivity index (χ2n) is 5.40. The van der Waals surface area contributed by atoms with Crippen LogP contribution in [0, 0.1) is 0 Å². The van der Waals surface area contributed by atoms with E-state index in [4.69, 9.17) is 5.11 Å². The fourth-order valence-corrected chi connectivity index (χ4v) is 1.99. The molecule has 0 aromatic rings. The summed E-state index contributed by atoms with van der Waals surface area (Å²) in [6, 6.07) is -1.09. The summed E-state index contributed by atoms with van der Waals surface area (Å²) >= 11 is 0. The Labute approximate surface area is 108 Å². The van der Waals surface area contributed by atoms with Crippen LogP contribution in [0.5, 0.6) is 0 Å². The van der Waals surface area contributed by atoms with Crippen molar-refractivity contribution in [1.82, 2.24) is 15.1 Å². The summed E-state index contributed by atoms with van der Waals surface area (Å²) in [5, 5.41) is 11.5. The summed E-state index contributed by atoms with van der Waals surface area (Å²) in [6.45, 7) is 7.91. The molecule has 1 fully saturated rings. The van der Waals surface area contributed by atoms with Crippen molar-refractivity contribution in [2.45, 2.75) is 38.8 Å². The molecule has 2 amide bonds. The predicted molar refractivity (Wildman–Crippen MR) is 68.5 cm³/mol. The molecular weight excluding hydrogens is 234 g/mol. The Morgan fingerprint density at radius 1 is 1.39 bits per heavy atom. The van der Waals surface area contributed by atoms with Crippen LogP contribution in [-0.4, -0.2) is 65.2 Å². The predicted octanol–water partition coefficient (Wildman–Crippen LogP) is 0.585. The Bertz CT molecular complexity index is 331. The number of piperazine rings is 1. The highest BCUT2D eigenvalue weighted by molar-refractivity contribution is 5.82. The summed E-state index contributed by atoms with van der Waals surface area (Å²) in [6.07, 6.45) is 0.387. The van der Waals surface area contributed by atoms with E-state index in [1.807, 2.05) is 7.05 Å². The van der Waals surface area contributed by atoms with E-state index in [1.165, 1.54) is 0 Å². The van der Waals surface area contributed by atoms with E-state index >= 15 is 0 Å². The number of carbonyl (C=O) groups is 2. The number of hydrogen-bond donors (Lipinski definition) is 2. The van der Waals surface area contributed by atoms with Crippen molar-refractivity contribution in [2.24, 2.45) is 0 Å². The summed E-state index contributed by atoms with van der Waals surface area (Å²) in [5.74, 6) is -0.987. The Morgan fingerprint density at radius 3 is 2.44 bits per heavy atom. The minimum absolute atomic E-state index is 0.0828. The molecule has 0 bridgehead atoms. The van der Waals surface area contributed by atoms with Gasteiger partial charge in [0.15, 0.2) is 0 Å². The average Bonchev–Trinajstić information content (AvgIpc) is 2.28. The number of nitrogens with one attached hydrogen (secondary N) is 1. The molecule has 0 aromatic heterocycles. The molecule has 0 aliphatic carbocycles. The highest BCUT2D eigenvalue weighted by Crippen LogP contribution is 2.18. The summed E-state index contributed by atoms with van der Waals surface area (Å²) in [5.41, 5.74) is -0.0828. The number of rotatable bonds is 3. The largest absolute Gasteiger partial charge is 0.480 e. The number of likely N-dealkylation sites (N-methyl/N-ethyl adjacent to an activating group) is 1. The lowest BCUT2D eigenvalue weighted by Gasteiger charge is -2.45. The minimum Gasteiger partial charge on any atom is -0.480 e. The normalized spacial score (nSPS) is 21.4. The van der Waals surface area contributed by atoms with Crippen LogP contribution in [0.4, 0.5) is 4.79 Å². The number of urea groups is 1. The first-order chi connectivity index (χ1) is 8.27. The van der Waals surface area contributed by atoms with Crippen LogP contribution in [0.3, 0.4) is 0 Å². The second-order valence-corrected chi connectivity index (χ2v) is 5.40. The monoisotopic (exact) mass is 257 g/mol. The van der Waals surface area contributed by atoms with Crippen molar-refractivity contribution >= 4 is 12.0 Å². The molecule has 0 saturated carbocycles. The Kier molecular flexibility index (Phi) is 4.56. The number of carbonyl (C=O) groups excluding carboxylic acids is 1. The standard InChI is InChI=1S/C12H23N3O3/c1-5-9(10(16)17)13-11(18)15-7-6-14(4)12(2,3)8-15/h9H,5-8H2,1-4H3,(H,13,18)(H,16,17)/t9-/m0/s1. The topological polar surface area (TPSA) is 72.9 Å². The zero-order chi connectivity index (χ0) is 13.9. The average molecular weight is 257 g/mol. The maximum absolute atomic E-state index is 12.0. The highest BCUT2D eigenvalue weighted by atomic mass is 16.4. The third-order valence-electron chi connectivity index (χ3n) is 3.61. The first-order valence-electron chi connectivity index (χ1n) is 6.27. The van der Waals surface area contributed by atoms with Gasteiger partial charge in [-0.25, -0.2) is 9.59 Å². The van der Waals surface area contributed by atoms with E-state index in [1.54, 1.807) is 11.8 Å². The number of hydrogen-bond acceptors (Lipinski definition) is 3. The van der Waals surface area contributed by atoms with Crippen LogP contribution in [0.1, 0.15) is 27.2 Å². The first kappa shape index (κ1) is 14.8. The molecule has 104 valence electrons. The molecular formula is C12H23N3O3. The van der Waals surface area contributed by atoms with Gasteiger partial charge >= 0.3 is 12.0 Å². The smallest absolute Gasteiger partial charge is 0.326 e. The van der Waals surface area contributed by atoms with E-state index in [-0.39, 0.29) is 11.6 Å². The molecule has 0 spiro atoms. The lowest BCUT2D eigenvalue weighted by Crippen LogP contribution is -2.61. The molecule has 1 heterocycles. The van der Waals surface area contributed by atoms with Crippen LogP contribution < -0.4 is 5.32 Å². The van der Waals surface area contributed by atoms with Crippen molar-refractivity contribution in [1.29, 1.82) is 0 Å². The van der Waals surface area contributed by atoms with E-state index in [2.05, 4.69) is 24.1 Å². The number of nitrogens with zero attached hydrogens (tertiary/aromatic N) is 2. The molecule has 6 heteroatoms. The van der Waals surface area contributed by atoms with Gasteiger partial charge in [-0.2, -0.15) is 0 Å². The van der Waals surface area contributed by atoms with Gasteiger partial charge in [0, 0.05) is 25.2 Å². The molecule has 1 atom stereocenters. The maximum atomic E-state index is 12.0. The van der Waals surface area contributed by atoms with Crippen molar-refractivity contribution in [3.8, 4) is 0 Å². The van der Waals surface area contributed by atoms with Crippen molar-refractivity contribution in [3.63, 3.8) is 0 Å².